The number of nitrogens with zero attached hydrogens (tertiary/aromatic N) is 1. The maximum atomic E-state index is 10.6. The number of rotatable bonds is 1. The Morgan fingerprint density at radius 3 is 2.90 bits per heavy atom. The maximum Gasteiger partial charge on any atom is 0.288 e. The highest BCUT2D eigenvalue weighted by molar-refractivity contribution is 5.81. The van der Waals surface area contributed by atoms with Crippen LogP contribution in [0, 0.1) is 0 Å². The molecule has 0 unspecified atom stereocenters. The molecule has 10 heavy (non-hydrogen) atoms. The van der Waals surface area contributed by atoms with Gasteiger partial charge in [0.1, 0.15) is 5.69 Å². The lowest BCUT2D eigenvalue weighted by molar-refractivity contribution is 0.112. The number of nitrogens with one attached hydrogen (secondary N) is 1. The molecule has 1 aromatic heterocycles. The van der Waals surface area contributed by atoms with Crippen molar-refractivity contribution in [1.29, 1.82) is 0 Å². The first-order valence-corrected chi connectivity index (χ1v) is 2.54. The van der Waals surface area contributed by atoms with Gasteiger partial charge in [-0.1, -0.05) is 0 Å². The number of hydrogen-bond acceptors (Lipinski definition) is 4. The number of nitrogen functional groups attached to an aromatic ring is 1. The second kappa shape index (κ2) is 2.30. The van der Waals surface area contributed by atoms with Crippen LogP contribution < -0.4 is 11.3 Å². The van der Waals surface area contributed by atoms with E-state index in [1.807, 2.05) is 0 Å². The highest BCUT2D eigenvalue weighted by Gasteiger charge is 1.99. The van der Waals surface area contributed by atoms with Crippen LogP contribution in [0.5, 0.6) is 0 Å². The molecule has 1 rings (SSSR count). The zero-order valence-electron chi connectivity index (χ0n) is 5.00. The van der Waals surface area contributed by atoms with Gasteiger partial charge in [-0.25, -0.2) is 5.10 Å². The lowest BCUT2D eigenvalue weighted by Crippen LogP contribution is -2.15. The average molecular weight is 139 g/mol. The Balaban J connectivity index is 3.41. The van der Waals surface area contributed by atoms with Crippen LogP contribution in [-0.4, -0.2) is 16.5 Å². The summed E-state index contributed by atoms with van der Waals surface area (Å²) in [4.78, 5) is 20.7. The van der Waals surface area contributed by atoms with Crippen molar-refractivity contribution >= 4 is 12.0 Å². The van der Waals surface area contributed by atoms with E-state index in [0.29, 0.717) is 6.29 Å². The summed E-state index contributed by atoms with van der Waals surface area (Å²) in [6, 6.07) is 0. The van der Waals surface area contributed by atoms with Gasteiger partial charge in [-0.2, -0.15) is 5.10 Å². The van der Waals surface area contributed by atoms with Crippen LogP contribution in [0.3, 0.4) is 0 Å². The number of H-pyrrole nitrogens is 1. The largest absolute Gasteiger partial charge is 0.394 e. The fourth-order valence-electron chi connectivity index (χ4n) is 0.515. The van der Waals surface area contributed by atoms with Crippen LogP contribution >= 0.6 is 0 Å². The fraction of sp³-hybridized carbons (Fsp3) is 0. The lowest BCUT2D eigenvalue weighted by atomic mass is 10.3. The monoisotopic (exact) mass is 139 g/mol. The Kier molecular flexibility index (Phi) is 1.49. The summed E-state index contributed by atoms with van der Waals surface area (Å²) in [5.41, 5.74) is 4.66. The van der Waals surface area contributed by atoms with E-state index in [2.05, 4.69) is 10.2 Å². The zero-order chi connectivity index (χ0) is 7.56. The number of aromatic amines is 1. The summed E-state index contributed by atoms with van der Waals surface area (Å²) in [5.74, 6) is 0. The minimum absolute atomic E-state index is 0.0926. The molecule has 3 N–H and O–H groups in total. The second-order valence-corrected chi connectivity index (χ2v) is 1.69. The highest BCUT2D eigenvalue weighted by Crippen LogP contribution is 1.95. The van der Waals surface area contributed by atoms with E-state index in [-0.39, 0.29) is 11.3 Å². The molecule has 0 aromatic carbocycles. The molecule has 1 aromatic rings. The minimum Gasteiger partial charge on any atom is -0.394 e. The molecule has 0 fully saturated rings. The summed E-state index contributed by atoms with van der Waals surface area (Å²) in [6.07, 6.45) is 1.68. The predicted molar refractivity (Wildman–Crippen MR) is 34.7 cm³/mol. The number of nitrogens with two attached hydrogens (primary N) is 1. The molecule has 0 bridgehead atoms. The first-order valence-electron chi connectivity index (χ1n) is 2.54. The number of aromatic nitrogens is 2. The van der Waals surface area contributed by atoms with Crippen LogP contribution in [0.4, 0.5) is 5.69 Å². The molecule has 0 amide bonds. The van der Waals surface area contributed by atoms with Crippen molar-refractivity contribution in [2.24, 2.45) is 0 Å². The third-order valence-corrected chi connectivity index (χ3v) is 1.05. The molecular formula is C5H5N3O2. The van der Waals surface area contributed by atoms with Crippen molar-refractivity contribution in [3.8, 4) is 0 Å². The van der Waals surface area contributed by atoms with Gasteiger partial charge in [0, 0.05) is 0 Å². The quantitative estimate of drug-likeness (QED) is 0.496. The molecule has 5 nitrogen and oxygen atoms in total. The maximum absolute atomic E-state index is 10.6. The van der Waals surface area contributed by atoms with E-state index in [0.717, 1.165) is 0 Å². The van der Waals surface area contributed by atoms with Gasteiger partial charge in [0.05, 0.1) is 11.8 Å². The van der Waals surface area contributed by atoms with Gasteiger partial charge in [0.2, 0.25) is 0 Å². The molecule has 0 aliphatic heterocycles. The standard InChI is InChI=1S/C5H5N3O2/c6-4-3(2-9)1-7-8-5(4)10/h1-2H,(H2,6,7)(H,8,10). The molecule has 5 heteroatoms. The number of hydrogen-bond donors (Lipinski definition) is 2. The van der Waals surface area contributed by atoms with Crippen LogP contribution in [0.25, 0.3) is 0 Å². The first-order chi connectivity index (χ1) is 4.75. The number of carbonyl (C=O) groups excluding carboxylic acids is 1. The smallest absolute Gasteiger partial charge is 0.288 e. The van der Waals surface area contributed by atoms with Gasteiger partial charge in [-0.15, -0.1) is 0 Å². The summed E-state index contributed by atoms with van der Waals surface area (Å²) in [5, 5.41) is 5.45. The summed E-state index contributed by atoms with van der Waals surface area (Å²) < 4.78 is 0. The third kappa shape index (κ3) is 0.883. The molecule has 0 atom stereocenters. The summed E-state index contributed by atoms with van der Waals surface area (Å²) in [7, 11) is 0. The van der Waals surface area contributed by atoms with E-state index in [1.165, 1.54) is 6.20 Å². The van der Waals surface area contributed by atoms with Crippen molar-refractivity contribution in [2.45, 2.75) is 0 Å². The summed E-state index contributed by atoms with van der Waals surface area (Å²) in [6.45, 7) is 0. The molecule has 0 radical (unpaired) electrons. The Morgan fingerprint density at radius 1 is 1.70 bits per heavy atom. The van der Waals surface area contributed by atoms with Crippen LogP contribution in [0.1, 0.15) is 10.4 Å². The van der Waals surface area contributed by atoms with E-state index >= 15 is 0 Å². The van der Waals surface area contributed by atoms with Gasteiger partial charge in [-0.3, -0.25) is 9.59 Å². The van der Waals surface area contributed by atoms with E-state index < -0.39 is 5.56 Å². The Bertz CT molecular complexity index is 304. The predicted octanol–water partition coefficient (Wildman–Crippen LogP) is -0.835. The lowest BCUT2D eigenvalue weighted by Gasteiger charge is -1.91. The SMILES string of the molecule is Nc1c(C=O)cn[nH]c1=O. The van der Waals surface area contributed by atoms with Crippen LogP contribution in [0.15, 0.2) is 11.0 Å². The van der Waals surface area contributed by atoms with Crippen molar-refractivity contribution < 1.29 is 4.79 Å². The molecular weight excluding hydrogens is 134 g/mol. The topological polar surface area (TPSA) is 88.8 Å². The van der Waals surface area contributed by atoms with Crippen molar-refractivity contribution in [3.63, 3.8) is 0 Å². The second-order valence-electron chi connectivity index (χ2n) is 1.69. The van der Waals surface area contributed by atoms with E-state index in [4.69, 9.17) is 5.73 Å². The Morgan fingerprint density at radius 2 is 2.40 bits per heavy atom. The zero-order valence-corrected chi connectivity index (χ0v) is 5.00. The highest BCUT2D eigenvalue weighted by atomic mass is 16.1. The van der Waals surface area contributed by atoms with Gasteiger partial charge in [0.15, 0.2) is 6.29 Å². The van der Waals surface area contributed by atoms with Gasteiger partial charge >= 0.3 is 0 Å². The number of aldehydes is 1. The fourth-order valence-corrected chi connectivity index (χ4v) is 0.515. The Labute approximate surface area is 55.9 Å². The Hall–Kier alpha value is -1.65. The molecule has 0 saturated carbocycles. The molecule has 0 aliphatic rings. The number of anilines is 1. The van der Waals surface area contributed by atoms with Gasteiger partial charge in [0.25, 0.3) is 5.56 Å². The summed E-state index contributed by atoms with van der Waals surface area (Å²) >= 11 is 0. The average Bonchev–Trinajstić information content (AvgIpc) is 1.95. The molecule has 1 heterocycles. The third-order valence-electron chi connectivity index (χ3n) is 1.05. The van der Waals surface area contributed by atoms with E-state index in [9.17, 15) is 9.59 Å². The normalized spacial score (nSPS) is 9.20. The van der Waals surface area contributed by atoms with E-state index in [1.54, 1.807) is 0 Å². The molecule has 0 spiro atoms. The first kappa shape index (κ1) is 6.47. The van der Waals surface area contributed by atoms with Crippen LogP contribution in [-0.2, 0) is 0 Å². The van der Waals surface area contributed by atoms with Gasteiger partial charge in [-0.05, 0) is 0 Å². The molecule has 0 saturated heterocycles. The van der Waals surface area contributed by atoms with Crippen LogP contribution in [0.2, 0.25) is 0 Å². The van der Waals surface area contributed by atoms with Crippen molar-refractivity contribution in [2.75, 3.05) is 5.73 Å². The van der Waals surface area contributed by atoms with Gasteiger partial charge < -0.3 is 5.73 Å². The molecule has 0 aliphatic carbocycles. The molecule has 52 valence electrons. The minimum atomic E-state index is -0.537. The van der Waals surface area contributed by atoms with Crippen molar-refractivity contribution in [3.05, 3.63) is 22.1 Å². The number of carbonyl (C=O) groups is 1. The van der Waals surface area contributed by atoms with Crippen molar-refractivity contribution in [1.82, 2.24) is 10.2 Å².